The second-order valence-electron chi connectivity index (χ2n) is 7.32. The number of sulfonamides is 1. The molecule has 1 saturated carbocycles. The molecule has 1 N–H and O–H groups in total. The number of rotatable bonds is 4. The van der Waals surface area contributed by atoms with E-state index in [1.807, 2.05) is 6.92 Å². The molecule has 0 atom stereocenters. The van der Waals surface area contributed by atoms with Gasteiger partial charge in [-0.3, -0.25) is 4.79 Å². The number of carbonyl (C=O) groups excluding carboxylic acids is 1. The smallest absolute Gasteiger partial charge is 0.247 e. The molecule has 3 rings (SSSR count). The van der Waals surface area contributed by atoms with Crippen molar-refractivity contribution in [1.29, 1.82) is 0 Å². The molecule has 142 valence electrons. The monoisotopic (exact) mass is 376 g/mol. The van der Waals surface area contributed by atoms with E-state index in [0.29, 0.717) is 23.4 Å². The normalized spacial score (nSPS) is 20.3. The fourth-order valence-corrected chi connectivity index (χ4v) is 5.02. The lowest BCUT2D eigenvalue weighted by Gasteiger charge is -2.26. The number of carbonyl (C=O) groups is 1. The summed E-state index contributed by atoms with van der Waals surface area (Å²) in [5.41, 5.74) is 1.74. The molecule has 0 radical (unpaired) electrons. The molecule has 1 aliphatic carbocycles. The summed E-state index contributed by atoms with van der Waals surface area (Å²) in [4.78, 5) is 12.8. The van der Waals surface area contributed by atoms with E-state index in [-0.39, 0.29) is 18.5 Å². The van der Waals surface area contributed by atoms with Crippen molar-refractivity contribution in [3.05, 3.63) is 41.5 Å². The Morgan fingerprint density at radius 3 is 2.31 bits per heavy atom. The van der Waals surface area contributed by atoms with Gasteiger partial charge in [-0.2, -0.15) is 4.31 Å². The molecular weight excluding hydrogens is 348 g/mol. The SMILES string of the molecule is Cc1ccc(S(=O)(=O)N2CC=C(C(=O)NC3CCCCCC3)CC2)cc1. The molecule has 26 heavy (non-hydrogen) atoms. The van der Waals surface area contributed by atoms with E-state index in [1.54, 1.807) is 30.3 Å². The lowest BCUT2D eigenvalue weighted by atomic mass is 10.1. The van der Waals surface area contributed by atoms with Crippen molar-refractivity contribution < 1.29 is 13.2 Å². The Hall–Kier alpha value is -1.66. The van der Waals surface area contributed by atoms with E-state index in [0.717, 1.165) is 18.4 Å². The van der Waals surface area contributed by atoms with E-state index in [4.69, 9.17) is 0 Å². The predicted octanol–water partition coefficient (Wildman–Crippen LogP) is 3.15. The number of nitrogens with one attached hydrogen (secondary N) is 1. The van der Waals surface area contributed by atoms with Crippen LogP contribution in [0.15, 0.2) is 40.8 Å². The highest BCUT2D eigenvalue weighted by Crippen LogP contribution is 2.22. The largest absolute Gasteiger partial charge is 0.350 e. The summed E-state index contributed by atoms with van der Waals surface area (Å²) >= 11 is 0. The van der Waals surface area contributed by atoms with E-state index in [9.17, 15) is 13.2 Å². The predicted molar refractivity (Wildman–Crippen MR) is 102 cm³/mol. The molecule has 0 aromatic heterocycles. The Kier molecular flexibility index (Phi) is 6.14. The average molecular weight is 377 g/mol. The van der Waals surface area contributed by atoms with Crippen LogP contribution in [0.5, 0.6) is 0 Å². The summed E-state index contributed by atoms with van der Waals surface area (Å²) in [6.45, 7) is 2.53. The summed E-state index contributed by atoms with van der Waals surface area (Å²) in [5.74, 6) is -0.0238. The van der Waals surface area contributed by atoms with E-state index in [2.05, 4.69) is 5.32 Å². The van der Waals surface area contributed by atoms with Gasteiger partial charge in [-0.25, -0.2) is 8.42 Å². The minimum absolute atomic E-state index is 0.0238. The highest BCUT2D eigenvalue weighted by Gasteiger charge is 2.28. The van der Waals surface area contributed by atoms with Gasteiger partial charge in [0.1, 0.15) is 0 Å². The van der Waals surface area contributed by atoms with Crippen molar-refractivity contribution in [2.45, 2.75) is 62.8 Å². The van der Waals surface area contributed by atoms with Gasteiger partial charge >= 0.3 is 0 Å². The van der Waals surface area contributed by atoms with Crippen LogP contribution in [0.1, 0.15) is 50.5 Å². The maximum atomic E-state index is 12.7. The van der Waals surface area contributed by atoms with Crippen molar-refractivity contribution in [1.82, 2.24) is 9.62 Å². The third kappa shape index (κ3) is 4.54. The number of hydrogen-bond acceptors (Lipinski definition) is 3. The Morgan fingerprint density at radius 2 is 1.73 bits per heavy atom. The first-order chi connectivity index (χ1) is 12.5. The van der Waals surface area contributed by atoms with Crippen molar-refractivity contribution >= 4 is 15.9 Å². The topological polar surface area (TPSA) is 66.5 Å². The van der Waals surface area contributed by atoms with Crippen LogP contribution < -0.4 is 5.32 Å². The molecule has 5 nitrogen and oxygen atoms in total. The first-order valence-corrected chi connectivity index (χ1v) is 11.0. The molecule has 1 aromatic rings. The maximum Gasteiger partial charge on any atom is 0.247 e. The van der Waals surface area contributed by atoms with Gasteiger partial charge in [0.15, 0.2) is 0 Å². The molecular formula is C20H28N2O3S. The molecule has 6 heteroatoms. The van der Waals surface area contributed by atoms with Crippen LogP contribution in [0.2, 0.25) is 0 Å². The van der Waals surface area contributed by atoms with Gasteiger partial charge in [0.2, 0.25) is 15.9 Å². The van der Waals surface area contributed by atoms with Crippen LogP contribution in [0, 0.1) is 6.92 Å². The first-order valence-electron chi connectivity index (χ1n) is 9.53. The van der Waals surface area contributed by atoms with E-state index >= 15 is 0 Å². The number of hydrogen-bond donors (Lipinski definition) is 1. The Morgan fingerprint density at radius 1 is 1.08 bits per heavy atom. The van der Waals surface area contributed by atoms with Crippen LogP contribution in [0.3, 0.4) is 0 Å². The van der Waals surface area contributed by atoms with Crippen LogP contribution >= 0.6 is 0 Å². The molecule has 2 aliphatic rings. The van der Waals surface area contributed by atoms with Gasteiger partial charge in [0.25, 0.3) is 0 Å². The van der Waals surface area contributed by atoms with Gasteiger partial charge in [-0.15, -0.1) is 0 Å². The van der Waals surface area contributed by atoms with Crippen LogP contribution in [-0.2, 0) is 14.8 Å². The van der Waals surface area contributed by atoms with Crippen molar-refractivity contribution in [2.75, 3.05) is 13.1 Å². The van der Waals surface area contributed by atoms with Gasteiger partial charge in [-0.1, -0.05) is 49.5 Å². The standard InChI is InChI=1S/C20H28N2O3S/c1-16-8-10-19(11-9-16)26(24,25)22-14-12-17(13-15-22)20(23)21-18-6-4-2-3-5-7-18/h8-12,18H,2-7,13-15H2,1H3,(H,21,23). The summed E-state index contributed by atoms with van der Waals surface area (Å²) in [7, 11) is -3.50. The Bertz CT molecular complexity index is 761. The molecule has 1 aromatic carbocycles. The van der Waals surface area contributed by atoms with Crippen LogP contribution in [0.25, 0.3) is 0 Å². The molecule has 0 saturated heterocycles. The zero-order chi connectivity index (χ0) is 18.6. The third-order valence-electron chi connectivity index (χ3n) is 5.31. The average Bonchev–Trinajstić information content (AvgIpc) is 2.91. The Labute approximate surface area is 156 Å². The number of amides is 1. The fourth-order valence-electron chi connectivity index (χ4n) is 3.64. The molecule has 1 heterocycles. The van der Waals surface area contributed by atoms with Gasteiger partial charge in [0.05, 0.1) is 4.90 Å². The second-order valence-corrected chi connectivity index (χ2v) is 9.26. The first kappa shape index (κ1) is 19.1. The quantitative estimate of drug-likeness (QED) is 0.821. The molecule has 0 unspecified atom stereocenters. The van der Waals surface area contributed by atoms with Crippen molar-refractivity contribution in [3.63, 3.8) is 0 Å². The number of benzene rings is 1. The van der Waals surface area contributed by atoms with Crippen molar-refractivity contribution in [2.24, 2.45) is 0 Å². The highest BCUT2D eigenvalue weighted by molar-refractivity contribution is 7.89. The summed E-state index contributed by atoms with van der Waals surface area (Å²) < 4.78 is 26.9. The second kappa shape index (κ2) is 8.35. The Balaban J connectivity index is 1.62. The molecule has 1 aliphatic heterocycles. The molecule has 0 spiro atoms. The lowest BCUT2D eigenvalue weighted by Crippen LogP contribution is -2.40. The minimum Gasteiger partial charge on any atom is -0.350 e. The van der Waals surface area contributed by atoms with Crippen LogP contribution in [-0.4, -0.2) is 37.8 Å². The zero-order valence-electron chi connectivity index (χ0n) is 15.4. The van der Waals surface area contributed by atoms with Crippen molar-refractivity contribution in [3.8, 4) is 0 Å². The van der Waals surface area contributed by atoms with E-state index in [1.165, 1.54) is 30.0 Å². The highest BCUT2D eigenvalue weighted by atomic mass is 32.2. The lowest BCUT2D eigenvalue weighted by molar-refractivity contribution is -0.118. The molecule has 1 amide bonds. The van der Waals surface area contributed by atoms with Crippen LogP contribution in [0.4, 0.5) is 0 Å². The molecule has 0 bridgehead atoms. The maximum absolute atomic E-state index is 12.7. The fraction of sp³-hybridized carbons (Fsp3) is 0.550. The van der Waals surface area contributed by atoms with Gasteiger partial charge in [0, 0.05) is 24.7 Å². The third-order valence-corrected chi connectivity index (χ3v) is 7.19. The zero-order valence-corrected chi connectivity index (χ0v) is 16.2. The molecule has 1 fully saturated rings. The number of nitrogens with zero attached hydrogens (tertiary/aromatic N) is 1. The van der Waals surface area contributed by atoms with Gasteiger partial charge < -0.3 is 5.32 Å². The van der Waals surface area contributed by atoms with Gasteiger partial charge in [-0.05, 0) is 38.3 Å². The summed E-state index contributed by atoms with van der Waals surface area (Å²) in [6, 6.07) is 7.15. The summed E-state index contributed by atoms with van der Waals surface area (Å²) in [6.07, 6.45) is 9.17. The van der Waals surface area contributed by atoms with E-state index < -0.39 is 10.0 Å². The minimum atomic E-state index is -3.50. The summed E-state index contributed by atoms with van der Waals surface area (Å²) in [5, 5.41) is 3.14. The number of aryl methyl sites for hydroxylation is 1.